The molecule has 0 radical (unpaired) electrons. The molecule has 3 rings (SSSR count). The standard InChI is InChI=1S/C23H21NO2S2/c1-2-21(24-26-16-17-9-5-3-6-10-17)23(25)20-14-13-19(15-22(20)27)28-18-11-7-4-8-12-18/h3-15,27H,2,16H2,1H3. The van der Waals surface area contributed by atoms with E-state index in [2.05, 4.69) is 17.8 Å². The van der Waals surface area contributed by atoms with Gasteiger partial charge in [-0.25, -0.2) is 0 Å². The molecule has 3 aromatic rings. The Balaban J connectivity index is 1.70. The molecule has 0 atom stereocenters. The molecule has 0 heterocycles. The van der Waals surface area contributed by atoms with Crippen molar-refractivity contribution in [2.75, 3.05) is 0 Å². The Morgan fingerprint density at radius 1 is 0.964 bits per heavy atom. The summed E-state index contributed by atoms with van der Waals surface area (Å²) in [5.74, 6) is -0.156. The molecule has 28 heavy (non-hydrogen) atoms. The first-order valence-corrected chi connectivity index (χ1v) is 10.3. The number of carbonyl (C=O) groups is 1. The van der Waals surface area contributed by atoms with Crippen molar-refractivity contribution >= 4 is 35.9 Å². The molecule has 0 saturated carbocycles. The van der Waals surface area contributed by atoms with E-state index in [1.165, 1.54) is 0 Å². The molecule has 0 aliphatic rings. The van der Waals surface area contributed by atoms with Gasteiger partial charge in [-0.3, -0.25) is 4.79 Å². The Morgan fingerprint density at radius 2 is 1.64 bits per heavy atom. The van der Waals surface area contributed by atoms with Gasteiger partial charge < -0.3 is 4.84 Å². The Hall–Kier alpha value is -2.50. The van der Waals surface area contributed by atoms with E-state index < -0.39 is 0 Å². The highest BCUT2D eigenvalue weighted by Gasteiger charge is 2.16. The van der Waals surface area contributed by atoms with Crippen LogP contribution in [0.2, 0.25) is 0 Å². The third-order valence-electron chi connectivity index (χ3n) is 4.04. The first kappa shape index (κ1) is 20.2. The second-order valence-corrected chi connectivity index (χ2v) is 7.70. The molecule has 0 spiro atoms. The number of hydrogen-bond donors (Lipinski definition) is 1. The van der Waals surface area contributed by atoms with Crippen molar-refractivity contribution in [3.05, 3.63) is 90.0 Å². The summed E-state index contributed by atoms with van der Waals surface area (Å²) in [5, 5.41) is 4.07. The number of oxime groups is 1. The lowest BCUT2D eigenvalue weighted by molar-refractivity contribution is 0.103. The number of benzene rings is 3. The van der Waals surface area contributed by atoms with E-state index in [-0.39, 0.29) is 5.78 Å². The van der Waals surface area contributed by atoms with Gasteiger partial charge in [0.15, 0.2) is 0 Å². The van der Waals surface area contributed by atoms with Gasteiger partial charge in [0.25, 0.3) is 0 Å². The second kappa shape index (κ2) is 10.2. The van der Waals surface area contributed by atoms with Gasteiger partial charge in [0, 0.05) is 20.2 Å². The maximum absolute atomic E-state index is 12.8. The van der Waals surface area contributed by atoms with Gasteiger partial charge in [-0.05, 0) is 42.3 Å². The van der Waals surface area contributed by atoms with Crippen LogP contribution >= 0.6 is 24.4 Å². The largest absolute Gasteiger partial charge is 0.391 e. The lowest BCUT2D eigenvalue weighted by atomic mass is 10.1. The van der Waals surface area contributed by atoms with Crippen LogP contribution in [0.3, 0.4) is 0 Å². The molecule has 0 N–H and O–H groups in total. The molecule has 5 heteroatoms. The average molecular weight is 408 g/mol. The highest BCUT2D eigenvalue weighted by Crippen LogP contribution is 2.30. The molecule has 0 fully saturated rings. The van der Waals surface area contributed by atoms with Crippen LogP contribution in [-0.4, -0.2) is 11.5 Å². The van der Waals surface area contributed by atoms with Crippen molar-refractivity contribution in [1.29, 1.82) is 0 Å². The summed E-state index contributed by atoms with van der Waals surface area (Å²) in [5.41, 5.74) is 1.92. The molecule has 0 aromatic heterocycles. The molecule has 0 unspecified atom stereocenters. The predicted molar refractivity (Wildman–Crippen MR) is 118 cm³/mol. The van der Waals surface area contributed by atoms with E-state index in [0.717, 1.165) is 15.4 Å². The quantitative estimate of drug-likeness (QED) is 0.206. The van der Waals surface area contributed by atoms with Crippen LogP contribution in [0, 0.1) is 0 Å². The highest BCUT2D eigenvalue weighted by atomic mass is 32.2. The molecule has 142 valence electrons. The zero-order valence-electron chi connectivity index (χ0n) is 15.5. The lowest BCUT2D eigenvalue weighted by Gasteiger charge is -2.09. The van der Waals surface area contributed by atoms with Crippen molar-refractivity contribution < 1.29 is 9.63 Å². The summed E-state index contributed by atoms with van der Waals surface area (Å²) < 4.78 is 0. The number of carbonyl (C=O) groups excluding carboxylic acids is 1. The molecule has 0 saturated heterocycles. The normalized spacial score (nSPS) is 11.3. The highest BCUT2D eigenvalue weighted by molar-refractivity contribution is 7.99. The third-order valence-corrected chi connectivity index (χ3v) is 5.41. The van der Waals surface area contributed by atoms with Crippen LogP contribution in [-0.2, 0) is 11.4 Å². The zero-order chi connectivity index (χ0) is 19.8. The number of nitrogens with zero attached hydrogens (tertiary/aromatic N) is 1. The van der Waals surface area contributed by atoms with Crippen molar-refractivity contribution in [3.8, 4) is 0 Å². The second-order valence-electron chi connectivity index (χ2n) is 6.07. The van der Waals surface area contributed by atoms with Crippen molar-refractivity contribution in [1.82, 2.24) is 0 Å². The fourth-order valence-corrected chi connectivity index (χ4v) is 3.85. The van der Waals surface area contributed by atoms with E-state index in [4.69, 9.17) is 4.84 Å². The molecule has 0 aliphatic carbocycles. The van der Waals surface area contributed by atoms with Crippen LogP contribution < -0.4 is 0 Å². The van der Waals surface area contributed by atoms with Crippen LogP contribution in [0.25, 0.3) is 0 Å². The Kier molecular flexibility index (Phi) is 7.34. The summed E-state index contributed by atoms with van der Waals surface area (Å²) >= 11 is 6.16. The molecule has 3 aromatic carbocycles. The number of ketones is 1. The minimum absolute atomic E-state index is 0.156. The molecular formula is C23H21NO2S2. The minimum atomic E-state index is -0.156. The monoisotopic (exact) mass is 407 g/mol. The summed E-state index contributed by atoms with van der Waals surface area (Å²) in [6.07, 6.45) is 0.487. The van der Waals surface area contributed by atoms with E-state index in [1.54, 1.807) is 17.8 Å². The number of thiol groups is 1. The summed E-state index contributed by atoms with van der Waals surface area (Å²) in [6, 6.07) is 25.5. The molecule has 0 bridgehead atoms. The van der Waals surface area contributed by atoms with Gasteiger partial charge in [0.1, 0.15) is 12.3 Å². The Bertz CT molecular complexity index is 957. The summed E-state index contributed by atoms with van der Waals surface area (Å²) in [4.78, 5) is 21.0. The first-order chi connectivity index (χ1) is 13.7. The maximum Gasteiger partial charge on any atom is 0.211 e. The third kappa shape index (κ3) is 5.50. The van der Waals surface area contributed by atoms with Crippen molar-refractivity contribution in [3.63, 3.8) is 0 Å². The average Bonchev–Trinajstić information content (AvgIpc) is 2.72. The van der Waals surface area contributed by atoms with Crippen LogP contribution in [0.5, 0.6) is 0 Å². The van der Waals surface area contributed by atoms with Crippen LogP contribution in [0.15, 0.2) is 98.7 Å². The van der Waals surface area contributed by atoms with Gasteiger partial charge >= 0.3 is 0 Å². The van der Waals surface area contributed by atoms with Crippen molar-refractivity contribution in [2.45, 2.75) is 34.6 Å². The number of Topliss-reactive ketones (excluding diaryl/α,β-unsaturated/α-hetero) is 1. The van der Waals surface area contributed by atoms with E-state index in [0.29, 0.717) is 29.2 Å². The smallest absolute Gasteiger partial charge is 0.211 e. The lowest BCUT2D eigenvalue weighted by Crippen LogP contribution is -2.15. The predicted octanol–water partition coefficient (Wildman–Crippen LogP) is 6.29. The Labute approximate surface area is 175 Å². The summed E-state index contributed by atoms with van der Waals surface area (Å²) in [7, 11) is 0. The van der Waals surface area contributed by atoms with E-state index >= 15 is 0 Å². The topological polar surface area (TPSA) is 38.7 Å². The van der Waals surface area contributed by atoms with E-state index in [9.17, 15) is 4.79 Å². The fraction of sp³-hybridized carbons (Fsp3) is 0.130. The fourth-order valence-electron chi connectivity index (χ4n) is 2.57. The SMILES string of the molecule is CCC(=NOCc1ccccc1)C(=O)c1ccc(Sc2ccccc2)cc1S. The number of rotatable bonds is 8. The van der Waals surface area contributed by atoms with E-state index in [1.807, 2.05) is 79.7 Å². The minimum Gasteiger partial charge on any atom is -0.391 e. The first-order valence-electron chi connectivity index (χ1n) is 9.00. The van der Waals surface area contributed by atoms with Gasteiger partial charge in [-0.2, -0.15) is 0 Å². The van der Waals surface area contributed by atoms with Crippen LogP contribution in [0.1, 0.15) is 29.3 Å². The van der Waals surface area contributed by atoms with Gasteiger partial charge in [-0.15, -0.1) is 12.6 Å². The Morgan fingerprint density at radius 3 is 2.29 bits per heavy atom. The molecule has 0 amide bonds. The number of hydrogen-bond acceptors (Lipinski definition) is 5. The zero-order valence-corrected chi connectivity index (χ0v) is 17.2. The summed E-state index contributed by atoms with van der Waals surface area (Å²) in [6.45, 7) is 2.22. The molecular weight excluding hydrogens is 386 g/mol. The van der Waals surface area contributed by atoms with Gasteiger partial charge in [0.05, 0.1) is 0 Å². The van der Waals surface area contributed by atoms with Crippen molar-refractivity contribution in [2.24, 2.45) is 5.16 Å². The van der Waals surface area contributed by atoms with Gasteiger partial charge in [-0.1, -0.05) is 72.4 Å². The van der Waals surface area contributed by atoms with Gasteiger partial charge in [0.2, 0.25) is 5.78 Å². The maximum atomic E-state index is 12.8. The van der Waals surface area contributed by atoms with Crippen LogP contribution in [0.4, 0.5) is 0 Å². The molecule has 3 nitrogen and oxygen atoms in total. The molecule has 0 aliphatic heterocycles.